The Morgan fingerprint density at radius 2 is 1.76 bits per heavy atom. The molecule has 0 heterocycles. The standard InChI is InChI=1S/C19H22N2O3S/c1-13-9-10-16(11-14(13)2)24-12-18(22)20-21-19(23)15(3)25-17-7-5-4-6-8-17/h4-11,15H,12H2,1-3H3,(H,20,22)(H,21,23). The van der Waals surface area contributed by atoms with Gasteiger partial charge < -0.3 is 4.74 Å². The van der Waals surface area contributed by atoms with Crippen LogP contribution in [0.15, 0.2) is 53.4 Å². The van der Waals surface area contributed by atoms with Crippen molar-refractivity contribution >= 4 is 23.6 Å². The number of nitrogens with one attached hydrogen (secondary N) is 2. The molecule has 0 bridgehead atoms. The van der Waals surface area contributed by atoms with Crippen LogP contribution in [0, 0.1) is 13.8 Å². The fourth-order valence-corrected chi connectivity index (χ4v) is 2.87. The first-order valence-electron chi connectivity index (χ1n) is 7.96. The van der Waals surface area contributed by atoms with Crippen LogP contribution in [0.2, 0.25) is 0 Å². The minimum Gasteiger partial charge on any atom is -0.484 e. The summed E-state index contributed by atoms with van der Waals surface area (Å²) < 4.78 is 5.42. The minimum absolute atomic E-state index is 0.164. The molecule has 2 N–H and O–H groups in total. The summed E-state index contributed by atoms with van der Waals surface area (Å²) >= 11 is 1.42. The van der Waals surface area contributed by atoms with Gasteiger partial charge in [-0.3, -0.25) is 20.4 Å². The number of hydrogen-bond acceptors (Lipinski definition) is 4. The van der Waals surface area contributed by atoms with Gasteiger partial charge in [0.1, 0.15) is 5.75 Å². The molecule has 0 spiro atoms. The van der Waals surface area contributed by atoms with E-state index >= 15 is 0 Å². The number of aryl methyl sites for hydroxylation is 2. The lowest BCUT2D eigenvalue weighted by molar-refractivity contribution is -0.129. The summed E-state index contributed by atoms with van der Waals surface area (Å²) in [7, 11) is 0. The maximum absolute atomic E-state index is 12.0. The molecule has 0 aromatic heterocycles. The Kier molecular flexibility index (Phi) is 6.89. The Morgan fingerprint density at radius 3 is 2.44 bits per heavy atom. The average molecular weight is 358 g/mol. The zero-order chi connectivity index (χ0) is 18.2. The van der Waals surface area contributed by atoms with E-state index in [1.165, 1.54) is 11.8 Å². The van der Waals surface area contributed by atoms with Gasteiger partial charge in [-0.2, -0.15) is 0 Å². The molecule has 1 atom stereocenters. The summed E-state index contributed by atoms with van der Waals surface area (Å²) in [6, 6.07) is 15.2. The molecule has 1 unspecified atom stereocenters. The molecule has 0 saturated heterocycles. The number of benzene rings is 2. The van der Waals surface area contributed by atoms with E-state index < -0.39 is 5.91 Å². The van der Waals surface area contributed by atoms with E-state index in [0.29, 0.717) is 5.75 Å². The van der Waals surface area contributed by atoms with Gasteiger partial charge >= 0.3 is 0 Å². The van der Waals surface area contributed by atoms with Crippen LogP contribution in [-0.2, 0) is 9.59 Å². The number of thioether (sulfide) groups is 1. The molecule has 2 rings (SSSR count). The number of rotatable bonds is 6. The van der Waals surface area contributed by atoms with Crippen molar-refractivity contribution in [3.05, 3.63) is 59.7 Å². The van der Waals surface area contributed by atoms with Crippen LogP contribution >= 0.6 is 11.8 Å². The van der Waals surface area contributed by atoms with Crippen molar-refractivity contribution in [3.8, 4) is 5.75 Å². The van der Waals surface area contributed by atoms with Crippen LogP contribution in [-0.4, -0.2) is 23.7 Å². The monoisotopic (exact) mass is 358 g/mol. The Labute approximate surface area is 152 Å². The molecule has 0 radical (unpaired) electrons. The van der Waals surface area contributed by atoms with E-state index in [4.69, 9.17) is 4.74 Å². The molecule has 6 heteroatoms. The summed E-state index contributed by atoms with van der Waals surface area (Å²) in [6.07, 6.45) is 0. The third-order valence-corrected chi connectivity index (χ3v) is 4.71. The van der Waals surface area contributed by atoms with Gasteiger partial charge in [0.05, 0.1) is 5.25 Å². The number of ether oxygens (including phenoxy) is 1. The fraction of sp³-hybridized carbons (Fsp3) is 0.263. The number of carbonyl (C=O) groups excluding carboxylic acids is 2. The molecular weight excluding hydrogens is 336 g/mol. The van der Waals surface area contributed by atoms with Crippen molar-refractivity contribution < 1.29 is 14.3 Å². The molecule has 0 aliphatic rings. The normalized spacial score (nSPS) is 11.5. The molecule has 132 valence electrons. The van der Waals surface area contributed by atoms with E-state index in [1.807, 2.05) is 62.4 Å². The topological polar surface area (TPSA) is 67.4 Å². The van der Waals surface area contributed by atoms with Gasteiger partial charge in [-0.25, -0.2) is 0 Å². The second-order valence-electron chi connectivity index (χ2n) is 5.65. The lowest BCUT2D eigenvalue weighted by atomic mass is 10.1. The smallest absolute Gasteiger partial charge is 0.276 e. The minimum atomic E-state index is -0.413. The second-order valence-corrected chi connectivity index (χ2v) is 7.06. The predicted octanol–water partition coefficient (Wildman–Crippen LogP) is 3.01. The van der Waals surface area contributed by atoms with Gasteiger partial charge in [-0.1, -0.05) is 24.3 Å². The molecule has 0 fully saturated rings. The van der Waals surface area contributed by atoms with Gasteiger partial charge in [0.25, 0.3) is 11.8 Å². The maximum atomic E-state index is 12.0. The van der Waals surface area contributed by atoms with Crippen molar-refractivity contribution in [3.63, 3.8) is 0 Å². The lowest BCUT2D eigenvalue weighted by Gasteiger charge is -2.13. The first-order valence-corrected chi connectivity index (χ1v) is 8.84. The largest absolute Gasteiger partial charge is 0.484 e. The highest BCUT2D eigenvalue weighted by Gasteiger charge is 2.15. The van der Waals surface area contributed by atoms with E-state index in [1.54, 1.807) is 6.92 Å². The summed E-state index contributed by atoms with van der Waals surface area (Å²) in [5.41, 5.74) is 7.04. The van der Waals surface area contributed by atoms with E-state index in [0.717, 1.165) is 16.0 Å². The van der Waals surface area contributed by atoms with Crippen molar-refractivity contribution in [1.82, 2.24) is 10.9 Å². The number of carbonyl (C=O) groups is 2. The summed E-state index contributed by atoms with van der Waals surface area (Å²) in [4.78, 5) is 24.8. The zero-order valence-corrected chi connectivity index (χ0v) is 15.4. The van der Waals surface area contributed by atoms with Crippen molar-refractivity contribution in [1.29, 1.82) is 0 Å². The van der Waals surface area contributed by atoms with Gasteiger partial charge in [0, 0.05) is 4.90 Å². The zero-order valence-electron chi connectivity index (χ0n) is 14.5. The van der Waals surface area contributed by atoms with E-state index in [2.05, 4.69) is 10.9 Å². The van der Waals surface area contributed by atoms with Crippen LogP contribution in [0.25, 0.3) is 0 Å². The maximum Gasteiger partial charge on any atom is 0.276 e. The Morgan fingerprint density at radius 1 is 1.04 bits per heavy atom. The first-order chi connectivity index (χ1) is 12.0. The molecule has 5 nitrogen and oxygen atoms in total. The summed E-state index contributed by atoms with van der Waals surface area (Å²) in [5.74, 6) is -0.0607. The highest BCUT2D eigenvalue weighted by molar-refractivity contribution is 8.00. The number of amides is 2. The number of hydrazine groups is 1. The third kappa shape index (κ3) is 6.15. The second kappa shape index (κ2) is 9.13. The predicted molar refractivity (Wildman–Crippen MR) is 99.5 cm³/mol. The molecule has 0 saturated carbocycles. The van der Waals surface area contributed by atoms with Crippen LogP contribution in [0.1, 0.15) is 18.1 Å². The quantitative estimate of drug-likeness (QED) is 0.615. The van der Waals surface area contributed by atoms with Crippen molar-refractivity contribution in [2.45, 2.75) is 30.9 Å². The Balaban J connectivity index is 1.73. The third-order valence-electron chi connectivity index (χ3n) is 3.60. The fourth-order valence-electron chi connectivity index (χ4n) is 1.98. The van der Waals surface area contributed by atoms with Gasteiger partial charge in [0.2, 0.25) is 0 Å². The average Bonchev–Trinajstić information content (AvgIpc) is 2.61. The van der Waals surface area contributed by atoms with Crippen LogP contribution in [0.3, 0.4) is 0 Å². The van der Waals surface area contributed by atoms with Crippen molar-refractivity contribution in [2.75, 3.05) is 6.61 Å². The molecule has 2 amide bonds. The van der Waals surface area contributed by atoms with E-state index in [9.17, 15) is 9.59 Å². The van der Waals surface area contributed by atoms with Crippen LogP contribution in [0.5, 0.6) is 5.75 Å². The van der Waals surface area contributed by atoms with Crippen molar-refractivity contribution in [2.24, 2.45) is 0 Å². The first kappa shape index (κ1) is 18.9. The van der Waals surface area contributed by atoms with Gasteiger partial charge in [0.15, 0.2) is 6.61 Å². The number of hydrogen-bond donors (Lipinski definition) is 2. The Hall–Kier alpha value is -2.47. The van der Waals surface area contributed by atoms with Gasteiger partial charge in [-0.05, 0) is 56.2 Å². The van der Waals surface area contributed by atoms with E-state index in [-0.39, 0.29) is 17.8 Å². The summed E-state index contributed by atoms with van der Waals surface area (Å²) in [5, 5.41) is -0.330. The summed E-state index contributed by atoms with van der Waals surface area (Å²) in [6.45, 7) is 5.61. The molecule has 2 aromatic carbocycles. The molecular formula is C19H22N2O3S. The van der Waals surface area contributed by atoms with Crippen LogP contribution in [0.4, 0.5) is 0 Å². The molecule has 25 heavy (non-hydrogen) atoms. The van der Waals surface area contributed by atoms with Gasteiger partial charge in [-0.15, -0.1) is 11.8 Å². The SMILES string of the molecule is Cc1ccc(OCC(=O)NNC(=O)C(C)Sc2ccccc2)cc1C. The highest BCUT2D eigenvalue weighted by Crippen LogP contribution is 2.22. The highest BCUT2D eigenvalue weighted by atomic mass is 32.2. The molecule has 2 aromatic rings. The lowest BCUT2D eigenvalue weighted by Crippen LogP contribution is -2.46. The van der Waals surface area contributed by atoms with Crippen LogP contribution < -0.4 is 15.6 Å². The molecule has 0 aliphatic heterocycles. The molecule has 0 aliphatic carbocycles. The Bertz CT molecular complexity index is 735.